The summed E-state index contributed by atoms with van der Waals surface area (Å²) < 4.78 is 0. The lowest BCUT2D eigenvalue weighted by molar-refractivity contribution is 0.119. The predicted molar refractivity (Wildman–Crippen MR) is 64.2 cm³/mol. The molecule has 0 saturated heterocycles. The molecular formula is C12H18ClNO. The van der Waals surface area contributed by atoms with E-state index >= 15 is 0 Å². The number of aliphatic hydroxyl groups is 1. The second-order valence-electron chi connectivity index (χ2n) is 3.52. The molecule has 84 valence electrons. The van der Waals surface area contributed by atoms with Crippen molar-refractivity contribution in [2.24, 2.45) is 0 Å². The average molecular weight is 228 g/mol. The minimum atomic E-state index is -0.501. The summed E-state index contributed by atoms with van der Waals surface area (Å²) >= 11 is 6.01. The summed E-state index contributed by atoms with van der Waals surface area (Å²) in [6, 6.07) is 7.45. The van der Waals surface area contributed by atoms with E-state index in [1.54, 1.807) is 0 Å². The maximum absolute atomic E-state index is 10.0. The third-order valence-corrected chi connectivity index (χ3v) is 2.93. The molecule has 0 spiro atoms. The van der Waals surface area contributed by atoms with Crippen molar-refractivity contribution >= 4 is 11.6 Å². The van der Waals surface area contributed by atoms with Gasteiger partial charge in [-0.3, -0.25) is 0 Å². The monoisotopic (exact) mass is 227 g/mol. The Morgan fingerprint density at radius 2 is 1.87 bits per heavy atom. The average Bonchev–Trinajstić information content (AvgIpc) is 2.26. The quantitative estimate of drug-likeness (QED) is 0.836. The van der Waals surface area contributed by atoms with E-state index in [-0.39, 0.29) is 0 Å². The van der Waals surface area contributed by atoms with Crippen molar-refractivity contribution in [3.63, 3.8) is 0 Å². The number of nitrogens with zero attached hydrogens (tertiary/aromatic N) is 1. The van der Waals surface area contributed by atoms with E-state index in [0.717, 1.165) is 18.7 Å². The van der Waals surface area contributed by atoms with Crippen LogP contribution in [0.1, 0.15) is 25.5 Å². The van der Waals surface area contributed by atoms with E-state index in [0.29, 0.717) is 11.6 Å². The fraction of sp³-hybridized carbons (Fsp3) is 0.500. The van der Waals surface area contributed by atoms with Crippen LogP contribution in [-0.4, -0.2) is 29.6 Å². The normalized spacial score (nSPS) is 13.1. The molecule has 0 aliphatic heterocycles. The van der Waals surface area contributed by atoms with Crippen molar-refractivity contribution in [2.45, 2.75) is 20.0 Å². The van der Waals surface area contributed by atoms with Crippen molar-refractivity contribution in [1.29, 1.82) is 0 Å². The Kier molecular flexibility index (Phi) is 5.09. The van der Waals surface area contributed by atoms with Crippen LogP contribution in [-0.2, 0) is 0 Å². The number of halogens is 1. The van der Waals surface area contributed by atoms with Gasteiger partial charge in [-0.15, -0.1) is 0 Å². The molecule has 1 N–H and O–H groups in total. The number of aliphatic hydroxyl groups excluding tert-OH is 1. The van der Waals surface area contributed by atoms with Crippen LogP contribution in [0.5, 0.6) is 0 Å². The van der Waals surface area contributed by atoms with Crippen molar-refractivity contribution in [1.82, 2.24) is 4.90 Å². The summed E-state index contributed by atoms with van der Waals surface area (Å²) in [6.07, 6.45) is -0.501. The molecule has 0 heterocycles. The van der Waals surface area contributed by atoms with Gasteiger partial charge in [0.1, 0.15) is 0 Å². The Hall–Kier alpha value is -0.570. The van der Waals surface area contributed by atoms with Crippen molar-refractivity contribution in [3.05, 3.63) is 34.9 Å². The molecule has 1 aromatic rings. The van der Waals surface area contributed by atoms with Crippen molar-refractivity contribution in [3.8, 4) is 0 Å². The van der Waals surface area contributed by atoms with Gasteiger partial charge in [-0.2, -0.15) is 0 Å². The SMILES string of the molecule is CCN(CC)C[C@H](O)c1ccccc1Cl. The molecule has 0 fully saturated rings. The van der Waals surface area contributed by atoms with Gasteiger partial charge in [0.25, 0.3) is 0 Å². The molecule has 0 amide bonds. The molecule has 0 radical (unpaired) electrons. The summed E-state index contributed by atoms with van der Waals surface area (Å²) in [5, 5.41) is 10.6. The standard InChI is InChI=1S/C12H18ClNO/c1-3-14(4-2)9-12(15)10-7-5-6-8-11(10)13/h5-8,12,15H,3-4,9H2,1-2H3/t12-/m0/s1. The molecule has 1 rings (SSSR count). The Morgan fingerprint density at radius 3 is 2.40 bits per heavy atom. The minimum absolute atomic E-state index is 0.501. The van der Waals surface area contributed by atoms with E-state index in [1.165, 1.54) is 0 Å². The number of benzene rings is 1. The fourth-order valence-electron chi connectivity index (χ4n) is 1.57. The molecule has 2 nitrogen and oxygen atoms in total. The largest absolute Gasteiger partial charge is 0.387 e. The van der Waals surface area contributed by atoms with E-state index < -0.39 is 6.10 Å². The fourth-order valence-corrected chi connectivity index (χ4v) is 1.83. The highest BCUT2D eigenvalue weighted by Gasteiger charge is 2.13. The van der Waals surface area contributed by atoms with Gasteiger partial charge in [0.05, 0.1) is 6.10 Å². The summed E-state index contributed by atoms with van der Waals surface area (Å²) in [5.74, 6) is 0. The first-order chi connectivity index (χ1) is 7.19. The summed E-state index contributed by atoms with van der Waals surface area (Å²) in [7, 11) is 0. The first-order valence-electron chi connectivity index (χ1n) is 5.33. The van der Waals surface area contributed by atoms with Crippen molar-refractivity contribution < 1.29 is 5.11 Å². The second kappa shape index (κ2) is 6.11. The first kappa shape index (κ1) is 12.5. The van der Waals surface area contributed by atoms with Crippen LogP contribution in [0.4, 0.5) is 0 Å². The van der Waals surface area contributed by atoms with Crippen LogP contribution in [0.15, 0.2) is 24.3 Å². The minimum Gasteiger partial charge on any atom is -0.387 e. The van der Waals surface area contributed by atoms with Crippen LogP contribution in [0, 0.1) is 0 Å². The lowest BCUT2D eigenvalue weighted by Gasteiger charge is -2.22. The third-order valence-electron chi connectivity index (χ3n) is 2.59. The summed E-state index contributed by atoms with van der Waals surface area (Å²) in [4.78, 5) is 2.17. The van der Waals surface area contributed by atoms with Gasteiger partial charge >= 0.3 is 0 Å². The lowest BCUT2D eigenvalue weighted by Crippen LogP contribution is -2.28. The van der Waals surface area contributed by atoms with Gasteiger partial charge in [0.15, 0.2) is 0 Å². The van der Waals surface area contributed by atoms with Crippen LogP contribution in [0.25, 0.3) is 0 Å². The molecule has 0 saturated carbocycles. The molecule has 15 heavy (non-hydrogen) atoms. The Balaban J connectivity index is 2.68. The van der Waals surface area contributed by atoms with E-state index in [1.807, 2.05) is 24.3 Å². The van der Waals surface area contributed by atoms with Crippen molar-refractivity contribution in [2.75, 3.05) is 19.6 Å². The molecule has 0 aromatic heterocycles. The zero-order valence-electron chi connectivity index (χ0n) is 9.28. The zero-order chi connectivity index (χ0) is 11.3. The Morgan fingerprint density at radius 1 is 1.27 bits per heavy atom. The molecular weight excluding hydrogens is 210 g/mol. The van der Waals surface area contributed by atoms with E-state index in [9.17, 15) is 5.11 Å². The summed E-state index contributed by atoms with van der Waals surface area (Å²) in [5.41, 5.74) is 0.811. The lowest BCUT2D eigenvalue weighted by atomic mass is 10.1. The zero-order valence-corrected chi connectivity index (χ0v) is 10.0. The Bertz CT molecular complexity index is 299. The highest BCUT2D eigenvalue weighted by atomic mass is 35.5. The number of hydrogen-bond donors (Lipinski definition) is 1. The van der Waals surface area contributed by atoms with E-state index in [2.05, 4.69) is 18.7 Å². The predicted octanol–water partition coefficient (Wildman–Crippen LogP) is 2.72. The number of likely N-dealkylation sites (N-methyl/N-ethyl adjacent to an activating group) is 1. The first-order valence-corrected chi connectivity index (χ1v) is 5.71. The maximum atomic E-state index is 10.0. The van der Waals surface area contributed by atoms with Gasteiger partial charge in [0, 0.05) is 17.1 Å². The number of rotatable bonds is 5. The van der Waals surface area contributed by atoms with Gasteiger partial charge in [0.2, 0.25) is 0 Å². The maximum Gasteiger partial charge on any atom is 0.0931 e. The number of hydrogen-bond acceptors (Lipinski definition) is 2. The van der Waals surface area contributed by atoms with Gasteiger partial charge < -0.3 is 10.0 Å². The van der Waals surface area contributed by atoms with Gasteiger partial charge in [-0.05, 0) is 19.2 Å². The summed E-state index contributed by atoms with van der Waals surface area (Å²) in [6.45, 7) is 6.69. The molecule has 1 aromatic carbocycles. The molecule has 0 bridgehead atoms. The third kappa shape index (κ3) is 3.49. The molecule has 3 heteroatoms. The van der Waals surface area contributed by atoms with E-state index in [4.69, 9.17) is 11.6 Å². The van der Waals surface area contributed by atoms with Crippen LogP contribution in [0.2, 0.25) is 5.02 Å². The van der Waals surface area contributed by atoms with Crippen LogP contribution < -0.4 is 0 Å². The smallest absolute Gasteiger partial charge is 0.0931 e. The van der Waals surface area contributed by atoms with Crippen LogP contribution >= 0.6 is 11.6 Å². The van der Waals surface area contributed by atoms with Gasteiger partial charge in [-0.1, -0.05) is 43.6 Å². The van der Waals surface area contributed by atoms with Gasteiger partial charge in [-0.25, -0.2) is 0 Å². The topological polar surface area (TPSA) is 23.5 Å². The highest BCUT2D eigenvalue weighted by Crippen LogP contribution is 2.22. The Labute approximate surface area is 96.5 Å². The second-order valence-corrected chi connectivity index (χ2v) is 3.93. The molecule has 0 unspecified atom stereocenters. The highest BCUT2D eigenvalue weighted by molar-refractivity contribution is 6.31. The molecule has 0 aliphatic rings. The van der Waals surface area contributed by atoms with Crippen LogP contribution in [0.3, 0.4) is 0 Å². The molecule has 1 atom stereocenters. The molecule has 0 aliphatic carbocycles.